The molecule has 0 bridgehead atoms. The number of fused-ring (bicyclic) bond motifs is 4. The molecule has 1 saturated heterocycles. The molecular formula is C15H18N2O. The van der Waals surface area contributed by atoms with Crippen molar-refractivity contribution < 1.29 is 5.11 Å². The van der Waals surface area contributed by atoms with Crippen molar-refractivity contribution in [3.05, 3.63) is 35.5 Å². The highest BCUT2D eigenvalue weighted by molar-refractivity contribution is 5.84. The maximum atomic E-state index is 9.32. The normalized spacial score (nSPS) is 27.4. The molecule has 2 atom stereocenters. The van der Waals surface area contributed by atoms with E-state index in [0.717, 1.165) is 25.9 Å². The first kappa shape index (κ1) is 10.6. The number of rotatable bonds is 1. The number of aromatic amines is 1. The molecule has 2 aliphatic heterocycles. The monoisotopic (exact) mass is 242 g/mol. The van der Waals surface area contributed by atoms with Gasteiger partial charge in [-0.15, -0.1) is 0 Å². The lowest BCUT2D eigenvalue weighted by Gasteiger charge is -2.29. The summed E-state index contributed by atoms with van der Waals surface area (Å²) in [4.78, 5) is 6.08. The summed E-state index contributed by atoms with van der Waals surface area (Å²) >= 11 is 0. The van der Waals surface area contributed by atoms with Crippen molar-refractivity contribution in [2.24, 2.45) is 5.92 Å². The van der Waals surface area contributed by atoms with Crippen LogP contribution in [0.4, 0.5) is 0 Å². The van der Waals surface area contributed by atoms with Gasteiger partial charge in [0.2, 0.25) is 0 Å². The Kier molecular flexibility index (Phi) is 2.26. The molecule has 2 aliphatic rings. The molecule has 0 amide bonds. The third-order valence-electron chi connectivity index (χ3n) is 4.58. The molecule has 94 valence electrons. The van der Waals surface area contributed by atoms with E-state index in [1.54, 1.807) is 0 Å². The molecule has 3 heterocycles. The van der Waals surface area contributed by atoms with Crippen LogP contribution in [0, 0.1) is 5.92 Å². The van der Waals surface area contributed by atoms with Crippen LogP contribution in [-0.2, 0) is 13.0 Å². The van der Waals surface area contributed by atoms with E-state index in [1.807, 2.05) is 0 Å². The molecule has 0 radical (unpaired) electrons. The quantitative estimate of drug-likeness (QED) is 0.802. The molecule has 3 heteroatoms. The predicted octanol–water partition coefficient (Wildman–Crippen LogP) is 1.91. The van der Waals surface area contributed by atoms with Crippen molar-refractivity contribution in [2.45, 2.75) is 25.4 Å². The van der Waals surface area contributed by atoms with Crippen LogP contribution in [0.25, 0.3) is 10.9 Å². The molecule has 0 unspecified atom stereocenters. The van der Waals surface area contributed by atoms with E-state index in [1.165, 1.54) is 22.2 Å². The molecule has 2 N–H and O–H groups in total. The highest BCUT2D eigenvalue weighted by atomic mass is 16.3. The summed E-state index contributed by atoms with van der Waals surface area (Å²) in [7, 11) is 0. The Morgan fingerprint density at radius 1 is 1.33 bits per heavy atom. The number of hydrogen-bond donors (Lipinski definition) is 2. The van der Waals surface area contributed by atoms with Crippen molar-refractivity contribution in [1.29, 1.82) is 0 Å². The van der Waals surface area contributed by atoms with Crippen LogP contribution in [0.5, 0.6) is 0 Å². The van der Waals surface area contributed by atoms with Gasteiger partial charge in [-0.25, -0.2) is 0 Å². The second-order valence-electron chi connectivity index (χ2n) is 5.70. The minimum absolute atomic E-state index is 0.335. The van der Waals surface area contributed by atoms with Gasteiger partial charge in [0, 0.05) is 42.3 Å². The Bertz CT molecular complexity index is 589. The van der Waals surface area contributed by atoms with Crippen LogP contribution in [-0.4, -0.2) is 34.2 Å². The Hall–Kier alpha value is -1.32. The van der Waals surface area contributed by atoms with Gasteiger partial charge in [-0.1, -0.05) is 18.2 Å². The average molecular weight is 242 g/mol. The second kappa shape index (κ2) is 3.84. The second-order valence-corrected chi connectivity index (χ2v) is 5.70. The molecule has 0 spiro atoms. The Morgan fingerprint density at radius 2 is 2.22 bits per heavy atom. The van der Waals surface area contributed by atoms with Gasteiger partial charge in [-0.3, -0.25) is 4.90 Å². The van der Waals surface area contributed by atoms with Crippen LogP contribution in [0.2, 0.25) is 0 Å². The Balaban J connectivity index is 1.74. The molecule has 4 rings (SSSR count). The minimum atomic E-state index is 0.335. The third kappa shape index (κ3) is 1.44. The first-order valence-electron chi connectivity index (χ1n) is 6.78. The largest absolute Gasteiger partial charge is 0.396 e. The Labute approximate surface area is 106 Å². The van der Waals surface area contributed by atoms with Crippen LogP contribution in [0.1, 0.15) is 17.7 Å². The van der Waals surface area contributed by atoms with Crippen molar-refractivity contribution in [3.8, 4) is 0 Å². The highest BCUT2D eigenvalue weighted by Gasteiger charge is 2.36. The fourth-order valence-electron chi connectivity index (χ4n) is 3.69. The number of nitrogens with one attached hydrogen (secondary N) is 1. The molecule has 1 aromatic heterocycles. The third-order valence-corrected chi connectivity index (χ3v) is 4.58. The highest BCUT2D eigenvalue weighted by Crippen LogP contribution is 2.35. The molecule has 0 aliphatic carbocycles. The minimum Gasteiger partial charge on any atom is -0.396 e. The van der Waals surface area contributed by atoms with E-state index in [2.05, 4.69) is 34.1 Å². The van der Waals surface area contributed by atoms with Crippen molar-refractivity contribution >= 4 is 10.9 Å². The Morgan fingerprint density at radius 3 is 3.11 bits per heavy atom. The topological polar surface area (TPSA) is 39.3 Å². The predicted molar refractivity (Wildman–Crippen MR) is 71.4 cm³/mol. The van der Waals surface area contributed by atoms with Gasteiger partial charge < -0.3 is 10.1 Å². The standard InChI is InChI=1S/C15H18N2O/c18-9-10-5-11-6-13-12-3-1-2-4-14(12)16-15(13)8-17(11)7-10/h1-4,10-11,16,18H,5-9H2/t10-,11+/m0/s1. The number of aliphatic hydroxyl groups is 1. The lowest BCUT2D eigenvalue weighted by molar-refractivity contribution is 0.204. The lowest BCUT2D eigenvalue weighted by Crippen LogP contribution is -2.35. The summed E-state index contributed by atoms with van der Waals surface area (Å²) < 4.78 is 0. The lowest BCUT2D eigenvalue weighted by atomic mass is 9.95. The van der Waals surface area contributed by atoms with Gasteiger partial charge in [-0.05, 0) is 30.4 Å². The number of H-pyrrole nitrogens is 1. The zero-order valence-corrected chi connectivity index (χ0v) is 10.4. The van der Waals surface area contributed by atoms with Crippen molar-refractivity contribution in [2.75, 3.05) is 13.2 Å². The van der Waals surface area contributed by atoms with Gasteiger partial charge in [0.25, 0.3) is 0 Å². The van der Waals surface area contributed by atoms with E-state index < -0.39 is 0 Å². The fraction of sp³-hybridized carbons (Fsp3) is 0.467. The van der Waals surface area contributed by atoms with E-state index in [0.29, 0.717) is 18.6 Å². The van der Waals surface area contributed by atoms with Gasteiger partial charge in [0.1, 0.15) is 0 Å². The SMILES string of the molecule is OC[C@H]1C[C@@H]2Cc3c([nH]c4ccccc34)CN2C1. The van der Waals surface area contributed by atoms with Gasteiger partial charge in [0.15, 0.2) is 0 Å². The zero-order valence-electron chi connectivity index (χ0n) is 10.4. The summed E-state index contributed by atoms with van der Waals surface area (Å²) in [6, 6.07) is 9.23. The molecule has 0 saturated carbocycles. The van der Waals surface area contributed by atoms with Crippen LogP contribution in [0.3, 0.4) is 0 Å². The smallest absolute Gasteiger partial charge is 0.0472 e. The summed E-state index contributed by atoms with van der Waals surface area (Å²) in [6.45, 7) is 2.41. The molecule has 1 fully saturated rings. The average Bonchev–Trinajstić information content (AvgIpc) is 2.95. The number of aromatic nitrogens is 1. The maximum absolute atomic E-state index is 9.32. The number of nitrogens with zero attached hydrogens (tertiary/aromatic N) is 1. The summed E-state index contributed by atoms with van der Waals surface area (Å²) in [5.41, 5.74) is 4.15. The van der Waals surface area contributed by atoms with Crippen LogP contribution >= 0.6 is 0 Å². The molecule has 2 aromatic rings. The van der Waals surface area contributed by atoms with E-state index in [-0.39, 0.29) is 0 Å². The van der Waals surface area contributed by atoms with E-state index in [4.69, 9.17) is 0 Å². The molecule has 3 nitrogen and oxygen atoms in total. The summed E-state index contributed by atoms with van der Waals surface area (Å²) in [6.07, 6.45) is 2.28. The van der Waals surface area contributed by atoms with Gasteiger partial charge in [-0.2, -0.15) is 0 Å². The number of hydrogen-bond acceptors (Lipinski definition) is 2. The van der Waals surface area contributed by atoms with Crippen molar-refractivity contribution in [3.63, 3.8) is 0 Å². The summed E-state index contributed by atoms with van der Waals surface area (Å²) in [5, 5.41) is 10.7. The maximum Gasteiger partial charge on any atom is 0.0472 e. The first-order chi connectivity index (χ1) is 8.85. The van der Waals surface area contributed by atoms with E-state index in [9.17, 15) is 5.11 Å². The number of benzene rings is 1. The molecule has 18 heavy (non-hydrogen) atoms. The van der Waals surface area contributed by atoms with Gasteiger partial charge in [0.05, 0.1) is 0 Å². The number of para-hydroxylation sites is 1. The van der Waals surface area contributed by atoms with Crippen molar-refractivity contribution in [1.82, 2.24) is 9.88 Å². The first-order valence-corrected chi connectivity index (χ1v) is 6.78. The molecular weight excluding hydrogens is 224 g/mol. The molecule has 1 aromatic carbocycles. The van der Waals surface area contributed by atoms with Crippen LogP contribution in [0.15, 0.2) is 24.3 Å². The number of aliphatic hydroxyl groups excluding tert-OH is 1. The van der Waals surface area contributed by atoms with E-state index >= 15 is 0 Å². The zero-order chi connectivity index (χ0) is 12.1. The summed E-state index contributed by atoms with van der Waals surface area (Å²) in [5.74, 6) is 0.477. The fourth-order valence-corrected chi connectivity index (χ4v) is 3.69. The van der Waals surface area contributed by atoms with Gasteiger partial charge >= 0.3 is 0 Å². The van der Waals surface area contributed by atoms with Crippen LogP contribution < -0.4 is 0 Å².